The average Bonchev–Trinajstić information content (AvgIpc) is 3.13. The maximum absolute atomic E-state index is 13.0. The minimum absolute atomic E-state index is 0.00568. The van der Waals surface area contributed by atoms with Crippen molar-refractivity contribution in [1.82, 2.24) is 14.9 Å². The number of aryl methyl sites for hydroxylation is 3. The first-order chi connectivity index (χ1) is 14.5. The summed E-state index contributed by atoms with van der Waals surface area (Å²) in [5.74, 6) is -0.131. The van der Waals surface area contributed by atoms with E-state index in [1.165, 1.54) is 22.7 Å². The van der Waals surface area contributed by atoms with Gasteiger partial charge in [-0.1, -0.05) is 24.3 Å². The molecule has 2 aromatic heterocycles. The summed E-state index contributed by atoms with van der Waals surface area (Å²) >= 11 is 1.62. The van der Waals surface area contributed by atoms with Crippen LogP contribution in [0.2, 0.25) is 0 Å². The maximum Gasteiger partial charge on any atom is 0.262 e. The third-order valence-electron chi connectivity index (χ3n) is 5.55. The minimum Gasteiger partial charge on any atom is -0.356 e. The molecule has 1 aliphatic rings. The van der Waals surface area contributed by atoms with Crippen LogP contribution in [0.25, 0.3) is 10.2 Å². The van der Waals surface area contributed by atoms with E-state index >= 15 is 0 Å². The van der Waals surface area contributed by atoms with Gasteiger partial charge < -0.3 is 5.32 Å². The first kappa shape index (κ1) is 20.5. The van der Waals surface area contributed by atoms with Gasteiger partial charge in [0.15, 0.2) is 5.78 Å². The molecule has 1 amide bonds. The van der Waals surface area contributed by atoms with Crippen LogP contribution in [0.5, 0.6) is 0 Å². The zero-order valence-electron chi connectivity index (χ0n) is 17.1. The van der Waals surface area contributed by atoms with E-state index in [-0.39, 0.29) is 23.8 Å². The van der Waals surface area contributed by atoms with Crippen LogP contribution < -0.4 is 10.9 Å². The van der Waals surface area contributed by atoms with E-state index in [0.29, 0.717) is 17.5 Å². The second-order valence-corrected chi connectivity index (χ2v) is 8.86. The quantitative estimate of drug-likeness (QED) is 0.467. The number of amides is 1. The number of carbonyl (C=O) groups is 2. The molecule has 0 saturated heterocycles. The number of benzene rings is 1. The van der Waals surface area contributed by atoms with Gasteiger partial charge in [0, 0.05) is 23.9 Å². The monoisotopic (exact) mass is 423 g/mol. The number of nitrogens with one attached hydrogen (secondary N) is 1. The molecule has 1 aromatic carbocycles. The van der Waals surface area contributed by atoms with Crippen LogP contribution in [0.1, 0.15) is 52.5 Å². The van der Waals surface area contributed by atoms with Gasteiger partial charge in [0.25, 0.3) is 5.56 Å². The average molecular weight is 424 g/mol. The van der Waals surface area contributed by atoms with Gasteiger partial charge in [-0.2, -0.15) is 0 Å². The Morgan fingerprint density at radius 1 is 1.17 bits per heavy atom. The molecule has 1 aliphatic carbocycles. The Morgan fingerprint density at radius 2 is 1.93 bits per heavy atom. The summed E-state index contributed by atoms with van der Waals surface area (Å²) in [5.41, 5.74) is 2.73. The van der Waals surface area contributed by atoms with Crippen molar-refractivity contribution >= 4 is 33.2 Å². The topological polar surface area (TPSA) is 81.1 Å². The molecule has 156 valence electrons. The Morgan fingerprint density at radius 3 is 2.70 bits per heavy atom. The zero-order valence-corrected chi connectivity index (χ0v) is 17.9. The molecule has 30 heavy (non-hydrogen) atoms. The predicted octanol–water partition coefficient (Wildman–Crippen LogP) is 3.29. The van der Waals surface area contributed by atoms with Crippen LogP contribution in [0.4, 0.5) is 0 Å². The van der Waals surface area contributed by atoms with E-state index in [4.69, 9.17) is 0 Å². The molecular formula is C23H25N3O3S. The van der Waals surface area contributed by atoms with Gasteiger partial charge >= 0.3 is 0 Å². The van der Waals surface area contributed by atoms with Crippen LogP contribution in [0, 0.1) is 0 Å². The fraction of sp³-hybridized carbons (Fsp3) is 0.391. The summed E-state index contributed by atoms with van der Waals surface area (Å²) in [7, 11) is 0. The lowest BCUT2D eigenvalue weighted by Gasteiger charge is -2.10. The van der Waals surface area contributed by atoms with Gasteiger partial charge in [-0.15, -0.1) is 11.3 Å². The number of rotatable bonds is 7. The minimum atomic E-state index is -0.109. The van der Waals surface area contributed by atoms with E-state index in [2.05, 4.69) is 10.3 Å². The Hall–Kier alpha value is -2.80. The number of thiophene rings is 1. The van der Waals surface area contributed by atoms with Crippen molar-refractivity contribution in [3.63, 3.8) is 0 Å². The van der Waals surface area contributed by atoms with E-state index in [1.807, 2.05) is 12.1 Å². The molecule has 6 nitrogen and oxygen atoms in total. The van der Waals surface area contributed by atoms with Crippen LogP contribution in [-0.2, 0) is 30.6 Å². The summed E-state index contributed by atoms with van der Waals surface area (Å²) in [6, 6.07) is 7.47. The molecule has 2 heterocycles. The molecule has 3 aromatic rings. The molecule has 7 heteroatoms. The molecular weight excluding hydrogens is 398 g/mol. The fourth-order valence-corrected chi connectivity index (χ4v) is 5.17. The highest BCUT2D eigenvalue weighted by atomic mass is 32.1. The number of aromatic nitrogens is 2. The van der Waals surface area contributed by atoms with Crippen LogP contribution >= 0.6 is 11.3 Å². The number of carbonyl (C=O) groups excluding carboxylic acids is 2. The molecule has 0 radical (unpaired) electrons. The number of nitrogens with zero attached hydrogens (tertiary/aromatic N) is 2. The molecule has 4 rings (SSSR count). The molecule has 0 spiro atoms. The highest BCUT2D eigenvalue weighted by molar-refractivity contribution is 7.18. The normalized spacial score (nSPS) is 13.2. The van der Waals surface area contributed by atoms with Crippen molar-refractivity contribution in [1.29, 1.82) is 0 Å². The molecule has 1 N–H and O–H groups in total. The van der Waals surface area contributed by atoms with Gasteiger partial charge in [0.05, 0.1) is 18.3 Å². The van der Waals surface area contributed by atoms with Gasteiger partial charge in [-0.3, -0.25) is 19.0 Å². The van der Waals surface area contributed by atoms with Gasteiger partial charge in [-0.05, 0) is 49.7 Å². The van der Waals surface area contributed by atoms with Gasteiger partial charge in [0.2, 0.25) is 5.91 Å². The molecule has 0 bridgehead atoms. The molecule has 0 unspecified atom stereocenters. The van der Waals surface area contributed by atoms with Crippen LogP contribution in [0.3, 0.4) is 0 Å². The van der Waals surface area contributed by atoms with Crippen molar-refractivity contribution in [2.45, 2.75) is 52.0 Å². The lowest BCUT2D eigenvalue weighted by Crippen LogP contribution is -2.25. The predicted molar refractivity (Wildman–Crippen MR) is 118 cm³/mol. The summed E-state index contributed by atoms with van der Waals surface area (Å²) < 4.78 is 1.44. The second-order valence-electron chi connectivity index (χ2n) is 7.78. The van der Waals surface area contributed by atoms with Crippen LogP contribution in [-0.4, -0.2) is 27.8 Å². The van der Waals surface area contributed by atoms with Crippen molar-refractivity contribution in [3.05, 3.63) is 62.5 Å². The molecule has 0 fully saturated rings. The van der Waals surface area contributed by atoms with Crippen molar-refractivity contribution in [2.75, 3.05) is 6.54 Å². The molecule has 0 saturated carbocycles. The number of Topliss-reactive ketones (excluding diaryl/α,β-unsaturated/α-hetero) is 1. The van der Waals surface area contributed by atoms with E-state index < -0.39 is 0 Å². The first-order valence-electron chi connectivity index (χ1n) is 10.4. The lowest BCUT2D eigenvalue weighted by atomic mass is 9.97. The van der Waals surface area contributed by atoms with Crippen LogP contribution in [0.15, 0.2) is 35.4 Å². The van der Waals surface area contributed by atoms with Gasteiger partial charge in [-0.25, -0.2) is 4.98 Å². The molecule has 0 aliphatic heterocycles. The third-order valence-corrected chi connectivity index (χ3v) is 6.75. The summed E-state index contributed by atoms with van der Waals surface area (Å²) in [5, 5.41) is 3.48. The lowest BCUT2D eigenvalue weighted by molar-refractivity contribution is -0.118. The highest BCUT2D eigenvalue weighted by Crippen LogP contribution is 2.33. The largest absolute Gasteiger partial charge is 0.356 e. The summed E-state index contributed by atoms with van der Waals surface area (Å²) in [6.07, 6.45) is 7.39. The Kier molecular flexibility index (Phi) is 6.08. The smallest absolute Gasteiger partial charge is 0.262 e. The SMILES string of the molecule is CC(=O)NCCCc1ccc(C(=O)Cn2cnc3sc4c(c3c2=O)CCCC4)cc1. The van der Waals surface area contributed by atoms with Crippen molar-refractivity contribution in [2.24, 2.45) is 0 Å². The summed E-state index contributed by atoms with van der Waals surface area (Å²) in [4.78, 5) is 43.2. The number of hydrogen-bond acceptors (Lipinski definition) is 5. The van der Waals surface area contributed by atoms with E-state index in [0.717, 1.165) is 54.5 Å². The van der Waals surface area contributed by atoms with E-state index in [1.54, 1.807) is 23.5 Å². The Balaban J connectivity index is 1.46. The highest BCUT2D eigenvalue weighted by Gasteiger charge is 2.20. The Labute approximate surface area is 179 Å². The summed E-state index contributed by atoms with van der Waals surface area (Å²) in [6.45, 7) is 2.14. The zero-order chi connectivity index (χ0) is 21.1. The van der Waals surface area contributed by atoms with Gasteiger partial charge in [0.1, 0.15) is 4.83 Å². The molecule has 0 atom stereocenters. The second kappa shape index (κ2) is 8.92. The number of hydrogen-bond donors (Lipinski definition) is 1. The van der Waals surface area contributed by atoms with E-state index in [9.17, 15) is 14.4 Å². The van der Waals surface area contributed by atoms with Crippen molar-refractivity contribution in [3.8, 4) is 0 Å². The standard InChI is InChI=1S/C23H25N3O3S/c1-15(27)24-12-4-5-16-8-10-17(11-9-16)19(28)13-26-14-25-22-21(23(26)29)18-6-2-3-7-20(18)30-22/h8-11,14H,2-7,12-13H2,1H3,(H,24,27). The number of ketones is 1. The van der Waals surface area contributed by atoms with Crippen molar-refractivity contribution < 1.29 is 9.59 Å². The first-order valence-corrected chi connectivity index (χ1v) is 11.2. The number of fused-ring (bicyclic) bond motifs is 3. The third kappa shape index (κ3) is 4.36. The maximum atomic E-state index is 13.0. The fourth-order valence-electron chi connectivity index (χ4n) is 3.95. The Bertz CT molecular complexity index is 1140.